The Kier molecular flexibility index (Phi) is 8.39. The first-order valence-corrected chi connectivity index (χ1v) is 14.1. The molecular formula is C31H28N2O8S. The average Bonchev–Trinajstić information content (AvgIpc) is 3.72. The summed E-state index contributed by atoms with van der Waals surface area (Å²) in [6.45, 7) is 5.92. The van der Waals surface area contributed by atoms with Crippen molar-refractivity contribution in [2.45, 2.75) is 33.4 Å². The van der Waals surface area contributed by atoms with Crippen molar-refractivity contribution < 1.29 is 38.1 Å². The number of furan rings is 1. The molecule has 42 heavy (non-hydrogen) atoms. The summed E-state index contributed by atoms with van der Waals surface area (Å²) in [4.78, 5) is 45.5. The molecule has 0 saturated carbocycles. The first-order chi connectivity index (χ1) is 20.3. The van der Waals surface area contributed by atoms with E-state index in [-0.39, 0.29) is 27.9 Å². The van der Waals surface area contributed by atoms with Gasteiger partial charge in [0.1, 0.15) is 11.5 Å². The molecular weight excluding hydrogens is 560 g/mol. The van der Waals surface area contributed by atoms with Crippen molar-refractivity contribution in [3.05, 3.63) is 106 Å². The van der Waals surface area contributed by atoms with Gasteiger partial charge in [-0.25, -0.2) is 9.78 Å². The summed E-state index contributed by atoms with van der Waals surface area (Å²) in [6.07, 6.45) is 1.33. The van der Waals surface area contributed by atoms with Gasteiger partial charge in [0, 0.05) is 0 Å². The molecule has 1 N–H and O–H groups in total. The van der Waals surface area contributed by atoms with Gasteiger partial charge >= 0.3 is 5.97 Å². The van der Waals surface area contributed by atoms with Gasteiger partial charge < -0.3 is 23.7 Å². The number of benzene rings is 2. The summed E-state index contributed by atoms with van der Waals surface area (Å²) < 4.78 is 22.4. The van der Waals surface area contributed by atoms with E-state index in [0.717, 1.165) is 16.9 Å². The minimum atomic E-state index is -1.11. The van der Waals surface area contributed by atoms with Crippen LogP contribution in [0.5, 0.6) is 11.5 Å². The van der Waals surface area contributed by atoms with Gasteiger partial charge in [-0.05, 0) is 56.2 Å². The molecule has 216 valence electrons. The van der Waals surface area contributed by atoms with Gasteiger partial charge in [0.25, 0.3) is 5.91 Å². The fraction of sp³-hybridized carbons (Fsp3) is 0.226. The van der Waals surface area contributed by atoms with Gasteiger partial charge in [0.05, 0.1) is 36.8 Å². The number of aliphatic hydroxyl groups excluding tert-OH is 1. The molecule has 0 aliphatic carbocycles. The van der Waals surface area contributed by atoms with E-state index >= 15 is 0 Å². The fourth-order valence-corrected chi connectivity index (χ4v) is 5.57. The highest BCUT2D eigenvalue weighted by molar-refractivity contribution is 7.17. The normalized spacial score (nSPS) is 14.8. The van der Waals surface area contributed by atoms with Gasteiger partial charge in [0.2, 0.25) is 5.78 Å². The molecule has 10 nitrogen and oxygen atoms in total. The third kappa shape index (κ3) is 5.51. The monoisotopic (exact) mass is 588 g/mol. The Balaban J connectivity index is 1.59. The maximum atomic E-state index is 13.6. The number of esters is 1. The molecule has 1 amide bonds. The molecule has 0 bridgehead atoms. The van der Waals surface area contributed by atoms with E-state index in [1.54, 1.807) is 32.0 Å². The number of ketones is 1. The number of aryl methyl sites for hydroxylation is 1. The summed E-state index contributed by atoms with van der Waals surface area (Å²) >= 11 is 0.935. The van der Waals surface area contributed by atoms with Gasteiger partial charge in [-0.15, -0.1) is 0 Å². The Labute approximate surface area is 245 Å². The number of hydrogen-bond acceptors (Lipinski definition) is 10. The Morgan fingerprint density at radius 2 is 1.81 bits per heavy atom. The van der Waals surface area contributed by atoms with Gasteiger partial charge in [-0.3, -0.25) is 14.5 Å². The molecule has 1 aliphatic rings. The zero-order chi connectivity index (χ0) is 29.8. The lowest BCUT2D eigenvalue weighted by Gasteiger charge is -2.25. The summed E-state index contributed by atoms with van der Waals surface area (Å²) in [7, 11) is 0. The van der Waals surface area contributed by atoms with E-state index in [1.165, 1.54) is 23.3 Å². The van der Waals surface area contributed by atoms with Gasteiger partial charge in [0.15, 0.2) is 28.1 Å². The predicted molar refractivity (Wildman–Crippen MR) is 154 cm³/mol. The summed E-state index contributed by atoms with van der Waals surface area (Å²) in [5, 5.41) is 11.2. The topological polar surface area (TPSA) is 128 Å². The lowest BCUT2D eigenvalue weighted by molar-refractivity contribution is -0.117. The second-order valence-electron chi connectivity index (χ2n) is 9.19. The molecule has 0 spiro atoms. The number of ether oxygens (including phenoxy) is 3. The van der Waals surface area contributed by atoms with Crippen molar-refractivity contribution in [1.82, 2.24) is 4.98 Å². The van der Waals surface area contributed by atoms with E-state index in [0.29, 0.717) is 36.0 Å². The molecule has 0 fully saturated rings. The molecule has 5 rings (SSSR count). The van der Waals surface area contributed by atoms with E-state index < -0.39 is 29.5 Å². The summed E-state index contributed by atoms with van der Waals surface area (Å²) in [5.41, 5.74) is 1.57. The van der Waals surface area contributed by atoms with Crippen LogP contribution in [0.4, 0.5) is 5.13 Å². The van der Waals surface area contributed by atoms with Crippen molar-refractivity contribution in [1.29, 1.82) is 0 Å². The molecule has 1 atom stereocenters. The van der Waals surface area contributed by atoms with Crippen molar-refractivity contribution >= 4 is 34.1 Å². The van der Waals surface area contributed by atoms with Crippen LogP contribution in [-0.4, -0.2) is 41.0 Å². The SMILES string of the molecule is CCOC(=O)c1sc(N2C(=O)C(O)=C(C(=O)c3ccco3)C2c2ccc(OCc3ccccc3)c(OCC)c2)nc1C. The number of rotatable bonds is 11. The zero-order valence-corrected chi connectivity index (χ0v) is 24.0. The number of thiazole rings is 1. The lowest BCUT2D eigenvalue weighted by Crippen LogP contribution is -2.31. The highest BCUT2D eigenvalue weighted by atomic mass is 32.1. The van der Waals surface area contributed by atoms with E-state index in [4.69, 9.17) is 18.6 Å². The predicted octanol–water partition coefficient (Wildman–Crippen LogP) is 5.98. The highest BCUT2D eigenvalue weighted by Gasteiger charge is 2.47. The number of aromatic nitrogens is 1. The minimum absolute atomic E-state index is 0.0495. The molecule has 0 radical (unpaired) electrons. The van der Waals surface area contributed by atoms with E-state index in [1.807, 2.05) is 37.3 Å². The quantitative estimate of drug-likeness (QED) is 0.166. The Bertz CT molecular complexity index is 1640. The van der Waals surface area contributed by atoms with Crippen LogP contribution in [0.1, 0.15) is 56.9 Å². The van der Waals surface area contributed by atoms with Crippen LogP contribution in [0.25, 0.3) is 0 Å². The van der Waals surface area contributed by atoms with Crippen LogP contribution in [0.2, 0.25) is 0 Å². The van der Waals surface area contributed by atoms with E-state index in [2.05, 4.69) is 4.98 Å². The Morgan fingerprint density at radius 3 is 2.50 bits per heavy atom. The number of carbonyl (C=O) groups is 3. The summed E-state index contributed by atoms with van der Waals surface area (Å²) in [5.74, 6) is -2.04. The largest absolute Gasteiger partial charge is 0.503 e. The first kappa shape index (κ1) is 28.6. The molecule has 3 heterocycles. The molecule has 0 saturated heterocycles. The third-order valence-corrected chi connectivity index (χ3v) is 7.61. The molecule has 11 heteroatoms. The number of amides is 1. The third-order valence-electron chi connectivity index (χ3n) is 6.47. The maximum absolute atomic E-state index is 13.6. The van der Waals surface area contributed by atoms with Crippen LogP contribution >= 0.6 is 11.3 Å². The molecule has 2 aromatic carbocycles. The maximum Gasteiger partial charge on any atom is 0.350 e. The number of nitrogens with zero attached hydrogens (tertiary/aromatic N) is 2. The standard InChI is InChI=1S/C31H28N2O8S/c1-4-38-23-16-20(13-14-21(23)41-17-19-10-7-6-8-11-19)25-24(26(34)22-12-9-15-40-22)27(35)29(36)33(25)31-32-18(3)28(42-31)30(37)39-5-2/h6-16,25,35H,4-5,17H2,1-3H3. The molecule has 1 aliphatic heterocycles. The van der Waals surface area contributed by atoms with Gasteiger partial charge in [-0.1, -0.05) is 47.7 Å². The summed E-state index contributed by atoms with van der Waals surface area (Å²) in [6, 6.07) is 16.6. The molecule has 2 aromatic heterocycles. The van der Waals surface area contributed by atoms with Crippen LogP contribution in [0, 0.1) is 6.92 Å². The number of hydrogen-bond donors (Lipinski definition) is 1. The van der Waals surface area contributed by atoms with E-state index in [9.17, 15) is 19.5 Å². The van der Waals surface area contributed by atoms with Crippen molar-refractivity contribution in [2.24, 2.45) is 0 Å². The number of carbonyl (C=O) groups excluding carboxylic acids is 3. The minimum Gasteiger partial charge on any atom is -0.503 e. The number of aliphatic hydroxyl groups is 1. The Hall–Kier alpha value is -4.90. The highest BCUT2D eigenvalue weighted by Crippen LogP contribution is 2.45. The zero-order valence-electron chi connectivity index (χ0n) is 23.2. The molecule has 1 unspecified atom stereocenters. The van der Waals surface area contributed by atoms with Crippen molar-refractivity contribution in [3.63, 3.8) is 0 Å². The molecule has 4 aromatic rings. The Morgan fingerprint density at radius 1 is 1.02 bits per heavy atom. The smallest absolute Gasteiger partial charge is 0.350 e. The first-order valence-electron chi connectivity index (χ1n) is 13.3. The van der Waals surface area contributed by atoms with Crippen LogP contribution in [0.3, 0.4) is 0 Å². The lowest BCUT2D eigenvalue weighted by atomic mass is 9.95. The second kappa shape index (κ2) is 12.3. The fourth-order valence-electron chi connectivity index (χ4n) is 4.58. The number of Topliss-reactive ketones (excluding diaryl/α,β-unsaturated/α-hetero) is 1. The van der Waals surface area contributed by atoms with Crippen LogP contribution in [-0.2, 0) is 16.1 Å². The van der Waals surface area contributed by atoms with Crippen LogP contribution < -0.4 is 14.4 Å². The van der Waals surface area contributed by atoms with Crippen LogP contribution in [0.15, 0.2) is 82.7 Å². The van der Waals surface area contributed by atoms with Crippen molar-refractivity contribution in [2.75, 3.05) is 18.1 Å². The number of anilines is 1. The van der Waals surface area contributed by atoms with Gasteiger partial charge in [-0.2, -0.15) is 0 Å². The average molecular weight is 589 g/mol. The second-order valence-corrected chi connectivity index (χ2v) is 10.2. The van der Waals surface area contributed by atoms with Crippen molar-refractivity contribution in [3.8, 4) is 11.5 Å².